The Kier molecular flexibility index (Phi) is 7.35. The SMILES string of the molecule is CC(CCCc1ccc(Cl)c(Cl)c1)CC(CN)C(=O)O. The van der Waals surface area contributed by atoms with Crippen molar-refractivity contribution in [1.82, 2.24) is 0 Å². The molecule has 20 heavy (non-hydrogen) atoms. The number of carboxylic acids is 1. The van der Waals surface area contributed by atoms with Crippen LogP contribution in [-0.2, 0) is 11.2 Å². The topological polar surface area (TPSA) is 63.3 Å². The van der Waals surface area contributed by atoms with Crippen molar-refractivity contribution in [3.63, 3.8) is 0 Å². The highest BCUT2D eigenvalue weighted by atomic mass is 35.5. The molecule has 0 bridgehead atoms. The van der Waals surface area contributed by atoms with Crippen LogP contribution in [-0.4, -0.2) is 17.6 Å². The molecule has 0 fully saturated rings. The lowest BCUT2D eigenvalue weighted by molar-refractivity contribution is -0.141. The molecule has 3 N–H and O–H groups in total. The second kappa shape index (κ2) is 8.50. The first kappa shape index (κ1) is 17.3. The van der Waals surface area contributed by atoms with Crippen LogP contribution in [0.15, 0.2) is 18.2 Å². The van der Waals surface area contributed by atoms with E-state index in [1.54, 1.807) is 6.07 Å². The standard InChI is InChI=1S/C15H21Cl2NO2/c1-10(7-12(9-18)15(19)20)3-2-4-11-5-6-13(16)14(17)8-11/h5-6,8,10,12H,2-4,7,9,18H2,1H3,(H,19,20). The number of aryl methyl sites for hydroxylation is 1. The molecule has 3 nitrogen and oxygen atoms in total. The molecule has 0 aliphatic rings. The number of rotatable bonds is 8. The zero-order chi connectivity index (χ0) is 15.1. The lowest BCUT2D eigenvalue weighted by Gasteiger charge is -2.16. The van der Waals surface area contributed by atoms with Gasteiger partial charge in [0.05, 0.1) is 16.0 Å². The summed E-state index contributed by atoms with van der Waals surface area (Å²) < 4.78 is 0. The van der Waals surface area contributed by atoms with Crippen molar-refractivity contribution in [3.05, 3.63) is 33.8 Å². The van der Waals surface area contributed by atoms with E-state index in [1.807, 2.05) is 12.1 Å². The van der Waals surface area contributed by atoms with Gasteiger partial charge < -0.3 is 10.8 Å². The summed E-state index contributed by atoms with van der Waals surface area (Å²) in [5.41, 5.74) is 6.62. The molecule has 2 atom stereocenters. The quantitative estimate of drug-likeness (QED) is 0.761. The third kappa shape index (κ3) is 5.70. The van der Waals surface area contributed by atoms with E-state index in [9.17, 15) is 4.79 Å². The molecule has 1 rings (SSSR count). The Morgan fingerprint density at radius 1 is 1.35 bits per heavy atom. The van der Waals surface area contributed by atoms with Gasteiger partial charge in [-0.1, -0.05) is 42.6 Å². The van der Waals surface area contributed by atoms with Gasteiger partial charge in [-0.3, -0.25) is 4.79 Å². The van der Waals surface area contributed by atoms with Crippen molar-refractivity contribution >= 4 is 29.2 Å². The van der Waals surface area contributed by atoms with Crippen LogP contribution in [0.3, 0.4) is 0 Å². The molecule has 0 aliphatic carbocycles. The molecular formula is C15H21Cl2NO2. The van der Waals surface area contributed by atoms with Crippen LogP contribution in [0, 0.1) is 11.8 Å². The first-order chi connectivity index (χ1) is 9.43. The predicted octanol–water partition coefficient (Wildman–Crippen LogP) is 4.00. The zero-order valence-corrected chi connectivity index (χ0v) is 13.1. The molecule has 0 heterocycles. The van der Waals surface area contributed by atoms with Gasteiger partial charge in [-0.2, -0.15) is 0 Å². The number of hydrogen-bond donors (Lipinski definition) is 2. The van der Waals surface area contributed by atoms with Gasteiger partial charge in [-0.15, -0.1) is 0 Å². The van der Waals surface area contributed by atoms with Gasteiger partial charge >= 0.3 is 5.97 Å². The van der Waals surface area contributed by atoms with E-state index in [4.69, 9.17) is 34.0 Å². The Bertz CT molecular complexity index is 451. The summed E-state index contributed by atoms with van der Waals surface area (Å²) in [6.07, 6.45) is 3.52. The summed E-state index contributed by atoms with van der Waals surface area (Å²) >= 11 is 11.8. The van der Waals surface area contributed by atoms with E-state index in [0.29, 0.717) is 22.4 Å². The van der Waals surface area contributed by atoms with Crippen LogP contribution in [0.5, 0.6) is 0 Å². The Hall–Kier alpha value is -0.770. The molecule has 1 aromatic rings. The molecule has 0 spiro atoms. The lowest BCUT2D eigenvalue weighted by atomic mass is 9.91. The van der Waals surface area contributed by atoms with Crippen LogP contribution in [0.25, 0.3) is 0 Å². The van der Waals surface area contributed by atoms with Crippen LogP contribution in [0.1, 0.15) is 31.7 Å². The van der Waals surface area contributed by atoms with Gasteiger partial charge in [0.25, 0.3) is 0 Å². The first-order valence-electron chi connectivity index (χ1n) is 6.80. The highest BCUT2D eigenvalue weighted by molar-refractivity contribution is 6.42. The third-order valence-corrected chi connectivity index (χ3v) is 4.21. The number of halogens is 2. The van der Waals surface area contributed by atoms with Crippen molar-refractivity contribution in [2.24, 2.45) is 17.6 Å². The predicted molar refractivity (Wildman–Crippen MR) is 83.4 cm³/mol. The smallest absolute Gasteiger partial charge is 0.307 e. The van der Waals surface area contributed by atoms with E-state index in [2.05, 4.69) is 6.92 Å². The molecule has 0 amide bonds. The lowest BCUT2D eigenvalue weighted by Crippen LogP contribution is -2.25. The number of benzene rings is 1. The number of carboxylic acid groups (broad SMARTS) is 1. The summed E-state index contributed by atoms with van der Waals surface area (Å²) in [6, 6.07) is 5.66. The summed E-state index contributed by atoms with van der Waals surface area (Å²) in [5, 5.41) is 10.1. The van der Waals surface area contributed by atoms with E-state index in [1.165, 1.54) is 0 Å². The van der Waals surface area contributed by atoms with Gasteiger partial charge in [-0.25, -0.2) is 0 Å². The fourth-order valence-electron chi connectivity index (χ4n) is 2.25. The highest BCUT2D eigenvalue weighted by Gasteiger charge is 2.18. The molecular weight excluding hydrogens is 297 g/mol. The van der Waals surface area contributed by atoms with E-state index < -0.39 is 11.9 Å². The van der Waals surface area contributed by atoms with Crippen LogP contribution in [0.2, 0.25) is 10.0 Å². The third-order valence-electron chi connectivity index (χ3n) is 3.47. The van der Waals surface area contributed by atoms with Crippen molar-refractivity contribution in [2.75, 3.05) is 6.54 Å². The maximum Gasteiger partial charge on any atom is 0.307 e. The molecule has 0 aromatic heterocycles. The second-order valence-electron chi connectivity index (χ2n) is 5.25. The molecule has 2 unspecified atom stereocenters. The maximum atomic E-state index is 10.9. The Balaban J connectivity index is 2.36. The average molecular weight is 318 g/mol. The minimum Gasteiger partial charge on any atom is -0.481 e. The van der Waals surface area contributed by atoms with Crippen molar-refractivity contribution in [3.8, 4) is 0 Å². The van der Waals surface area contributed by atoms with Crippen LogP contribution < -0.4 is 5.73 Å². The molecule has 0 radical (unpaired) electrons. The Labute approximate surface area is 130 Å². The minimum absolute atomic E-state index is 0.201. The molecule has 0 aliphatic heterocycles. The van der Waals surface area contributed by atoms with E-state index >= 15 is 0 Å². The second-order valence-corrected chi connectivity index (χ2v) is 6.07. The largest absolute Gasteiger partial charge is 0.481 e. The van der Waals surface area contributed by atoms with Crippen LogP contribution >= 0.6 is 23.2 Å². The van der Waals surface area contributed by atoms with Gasteiger partial charge in [0, 0.05) is 6.54 Å². The molecule has 5 heteroatoms. The number of aliphatic carboxylic acids is 1. The monoisotopic (exact) mass is 317 g/mol. The van der Waals surface area contributed by atoms with Crippen molar-refractivity contribution in [2.45, 2.75) is 32.6 Å². The fourth-order valence-corrected chi connectivity index (χ4v) is 2.57. The Morgan fingerprint density at radius 2 is 2.05 bits per heavy atom. The summed E-state index contributed by atoms with van der Waals surface area (Å²) in [6.45, 7) is 2.27. The highest BCUT2D eigenvalue weighted by Crippen LogP contribution is 2.24. The van der Waals surface area contributed by atoms with Gasteiger partial charge in [0.1, 0.15) is 0 Å². The molecule has 1 aromatic carbocycles. The van der Waals surface area contributed by atoms with E-state index in [0.717, 1.165) is 24.8 Å². The molecule has 0 saturated heterocycles. The Morgan fingerprint density at radius 3 is 2.60 bits per heavy atom. The average Bonchev–Trinajstić information content (AvgIpc) is 2.39. The fraction of sp³-hybridized carbons (Fsp3) is 0.533. The normalized spacial score (nSPS) is 14.0. The van der Waals surface area contributed by atoms with E-state index in [-0.39, 0.29) is 6.54 Å². The summed E-state index contributed by atoms with van der Waals surface area (Å²) in [7, 11) is 0. The summed E-state index contributed by atoms with van der Waals surface area (Å²) in [5.74, 6) is -0.888. The van der Waals surface area contributed by atoms with Gasteiger partial charge in [-0.05, 0) is 42.9 Å². The van der Waals surface area contributed by atoms with Crippen molar-refractivity contribution < 1.29 is 9.90 Å². The van der Waals surface area contributed by atoms with Crippen molar-refractivity contribution in [1.29, 1.82) is 0 Å². The molecule has 0 saturated carbocycles. The minimum atomic E-state index is -0.802. The first-order valence-corrected chi connectivity index (χ1v) is 7.56. The van der Waals surface area contributed by atoms with Gasteiger partial charge in [0.15, 0.2) is 0 Å². The summed E-state index contributed by atoms with van der Waals surface area (Å²) in [4.78, 5) is 10.9. The maximum absolute atomic E-state index is 10.9. The number of carbonyl (C=O) groups is 1. The number of hydrogen-bond acceptors (Lipinski definition) is 2. The molecule has 112 valence electrons. The van der Waals surface area contributed by atoms with Gasteiger partial charge in [0.2, 0.25) is 0 Å². The van der Waals surface area contributed by atoms with Crippen LogP contribution in [0.4, 0.5) is 0 Å². The zero-order valence-electron chi connectivity index (χ0n) is 11.6. The number of nitrogens with two attached hydrogens (primary N) is 1.